The van der Waals surface area contributed by atoms with Crippen LogP contribution in [0.3, 0.4) is 0 Å². The van der Waals surface area contributed by atoms with E-state index in [4.69, 9.17) is 17.3 Å². The molecule has 2 N–H and O–H groups in total. The lowest BCUT2D eigenvalue weighted by Gasteiger charge is -2.02. The summed E-state index contributed by atoms with van der Waals surface area (Å²) in [5, 5.41) is 1.30. The summed E-state index contributed by atoms with van der Waals surface area (Å²) >= 11 is 5.87. The summed E-state index contributed by atoms with van der Waals surface area (Å²) < 4.78 is 15.7. The maximum absolute atomic E-state index is 13.8. The lowest BCUT2D eigenvalue weighted by atomic mass is 10.1. The van der Waals surface area contributed by atoms with Gasteiger partial charge in [-0.15, -0.1) is 0 Å². The molecule has 2 nitrogen and oxygen atoms in total. The van der Waals surface area contributed by atoms with Crippen LogP contribution in [0.1, 0.15) is 12.5 Å². The molecule has 4 heteroatoms. The standard InChI is InChI=1S/C12H14ClFN2/c1-2-16-7-8(3-4-15)10-5-9(13)6-11(14)12(10)16/h5-7H,2-4,15H2,1H3. The molecule has 0 saturated heterocycles. The Morgan fingerprint density at radius 2 is 2.19 bits per heavy atom. The highest BCUT2D eigenvalue weighted by molar-refractivity contribution is 6.31. The fourth-order valence-electron chi connectivity index (χ4n) is 2.03. The van der Waals surface area contributed by atoms with Crippen LogP contribution in [-0.4, -0.2) is 11.1 Å². The van der Waals surface area contributed by atoms with Crippen LogP contribution in [0.15, 0.2) is 18.3 Å². The molecule has 0 atom stereocenters. The Kier molecular flexibility index (Phi) is 3.17. The molecule has 0 unspecified atom stereocenters. The third-order valence-corrected chi connectivity index (χ3v) is 2.95. The van der Waals surface area contributed by atoms with Crippen LogP contribution in [0, 0.1) is 5.82 Å². The number of aryl methyl sites for hydroxylation is 1. The quantitative estimate of drug-likeness (QED) is 0.879. The monoisotopic (exact) mass is 240 g/mol. The molecule has 1 aromatic carbocycles. The third-order valence-electron chi connectivity index (χ3n) is 2.73. The van der Waals surface area contributed by atoms with Crippen molar-refractivity contribution in [2.45, 2.75) is 19.9 Å². The lowest BCUT2D eigenvalue weighted by Crippen LogP contribution is -2.02. The van der Waals surface area contributed by atoms with Crippen LogP contribution in [0.25, 0.3) is 10.9 Å². The van der Waals surface area contributed by atoms with E-state index in [1.807, 2.05) is 17.7 Å². The topological polar surface area (TPSA) is 30.9 Å². The summed E-state index contributed by atoms with van der Waals surface area (Å²) in [5.41, 5.74) is 7.22. The third kappa shape index (κ3) is 1.81. The van der Waals surface area contributed by atoms with Crippen LogP contribution in [0.4, 0.5) is 4.39 Å². The number of nitrogens with zero attached hydrogens (tertiary/aromatic N) is 1. The van der Waals surface area contributed by atoms with Crippen LogP contribution in [0.2, 0.25) is 5.02 Å². The first-order valence-corrected chi connectivity index (χ1v) is 5.72. The second-order valence-corrected chi connectivity index (χ2v) is 4.20. The molecular weight excluding hydrogens is 227 g/mol. The minimum absolute atomic E-state index is 0.271. The van der Waals surface area contributed by atoms with Gasteiger partial charge in [0, 0.05) is 23.2 Å². The van der Waals surface area contributed by atoms with E-state index in [2.05, 4.69) is 0 Å². The van der Waals surface area contributed by atoms with Crippen LogP contribution in [-0.2, 0) is 13.0 Å². The van der Waals surface area contributed by atoms with Gasteiger partial charge in [-0.2, -0.15) is 0 Å². The van der Waals surface area contributed by atoms with Crippen molar-refractivity contribution in [3.05, 3.63) is 34.7 Å². The molecule has 1 heterocycles. The molecule has 16 heavy (non-hydrogen) atoms. The summed E-state index contributed by atoms with van der Waals surface area (Å²) in [4.78, 5) is 0. The summed E-state index contributed by atoms with van der Waals surface area (Å²) in [6.45, 7) is 3.27. The number of hydrogen-bond acceptors (Lipinski definition) is 1. The molecule has 0 amide bonds. The molecule has 2 rings (SSSR count). The van der Waals surface area contributed by atoms with Gasteiger partial charge >= 0.3 is 0 Å². The van der Waals surface area contributed by atoms with E-state index in [0.717, 1.165) is 23.9 Å². The van der Waals surface area contributed by atoms with E-state index in [1.54, 1.807) is 6.07 Å². The number of rotatable bonds is 3. The molecule has 2 aromatic rings. The molecule has 0 aliphatic rings. The molecule has 0 aliphatic heterocycles. The largest absolute Gasteiger partial charge is 0.345 e. The normalized spacial score (nSPS) is 11.2. The van der Waals surface area contributed by atoms with E-state index < -0.39 is 0 Å². The number of fused-ring (bicyclic) bond motifs is 1. The molecule has 0 saturated carbocycles. The zero-order valence-electron chi connectivity index (χ0n) is 9.13. The Hall–Kier alpha value is -1.06. The molecule has 0 spiro atoms. The predicted molar refractivity (Wildman–Crippen MR) is 65.3 cm³/mol. The fraction of sp³-hybridized carbons (Fsp3) is 0.333. The summed E-state index contributed by atoms with van der Waals surface area (Å²) in [7, 11) is 0. The van der Waals surface area contributed by atoms with Gasteiger partial charge < -0.3 is 10.3 Å². The minimum atomic E-state index is -0.271. The highest BCUT2D eigenvalue weighted by atomic mass is 35.5. The van der Waals surface area contributed by atoms with Crippen molar-refractivity contribution in [2.24, 2.45) is 5.73 Å². The van der Waals surface area contributed by atoms with Crippen molar-refractivity contribution < 1.29 is 4.39 Å². The Bertz CT molecular complexity index is 519. The molecule has 1 aromatic heterocycles. The van der Waals surface area contributed by atoms with E-state index in [1.165, 1.54) is 6.07 Å². The number of halogens is 2. The molecule has 0 bridgehead atoms. The lowest BCUT2D eigenvalue weighted by molar-refractivity contribution is 0.626. The van der Waals surface area contributed by atoms with Gasteiger partial charge in [0.2, 0.25) is 0 Å². The Morgan fingerprint density at radius 3 is 2.81 bits per heavy atom. The molecule has 0 aliphatic carbocycles. The molecular formula is C12H14ClFN2. The average molecular weight is 241 g/mol. The number of nitrogens with two attached hydrogens (primary N) is 1. The highest BCUT2D eigenvalue weighted by Gasteiger charge is 2.12. The Balaban J connectivity index is 2.74. The van der Waals surface area contributed by atoms with Crippen molar-refractivity contribution in [3.8, 4) is 0 Å². The van der Waals surface area contributed by atoms with E-state index >= 15 is 0 Å². The van der Waals surface area contributed by atoms with Crippen molar-refractivity contribution in [1.82, 2.24) is 4.57 Å². The first kappa shape index (κ1) is 11.4. The highest BCUT2D eigenvalue weighted by Crippen LogP contribution is 2.28. The maximum atomic E-state index is 13.8. The van der Waals surface area contributed by atoms with Crippen LogP contribution in [0.5, 0.6) is 0 Å². The van der Waals surface area contributed by atoms with Crippen molar-refractivity contribution in [1.29, 1.82) is 0 Å². The second kappa shape index (κ2) is 4.44. The molecule has 86 valence electrons. The van der Waals surface area contributed by atoms with Crippen molar-refractivity contribution in [3.63, 3.8) is 0 Å². The van der Waals surface area contributed by atoms with Gasteiger partial charge in [-0.3, -0.25) is 0 Å². The maximum Gasteiger partial charge on any atom is 0.148 e. The van der Waals surface area contributed by atoms with E-state index in [9.17, 15) is 4.39 Å². The van der Waals surface area contributed by atoms with Gasteiger partial charge in [-0.05, 0) is 37.6 Å². The van der Waals surface area contributed by atoms with Crippen LogP contribution < -0.4 is 5.73 Å². The van der Waals surface area contributed by atoms with Gasteiger partial charge in [0.15, 0.2) is 0 Å². The van der Waals surface area contributed by atoms with Crippen LogP contribution >= 0.6 is 11.6 Å². The molecule has 0 radical (unpaired) electrons. The zero-order chi connectivity index (χ0) is 11.7. The van der Waals surface area contributed by atoms with Gasteiger partial charge in [0.1, 0.15) is 5.82 Å². The fourth-order valence-corrected chi connectivity index (χ4v) is 2.23. The second-order valence-electron chi connectivity index (χ2n) is 3.76. The number of aromatic nitrogens is 1. The van der Waals surface area contributed by atoms with Gasteiger partial charge in [-0.25, -0.2) is 4.39 Å². The van der Waals surface area contributed by atoms with Crippen molar-refractivity contribution >= 4 is 22.5 Å². The minimum Gasteiger partial charge on any atom is -0.345 e. The average Bonchev–Trinajstić information content (AvgIpc) is 2.57. The van der Waals surface area contributed by atoms with Crippen molar-refractivity contribution in [2.75, 3.05) is 6.54 Å². The van der Waals surface area contributed by atoms with E-state index in [0.29, 0.717) is 17.1 Å². The predicted octanol–water partition coefficient (Wildman–Crippen LogP) is 2.95. The first-order chi connectivity index (χ1) is 7.67. The zero-order valence-corrected chi connectivity index (χ0v) is 9.89. The smallest absolute Gasteiger partial charge is 0.148 e. The van der Waals surface area contributed by atoms with Gasteiger partial charge in [-0.1, -0.05) is 11.6 Å². The number of benzene rings is 1. The van der Waals surface area contributed by atoms with Gasteiger partial charge in [0.25, 0.3) is 0 Å². The SMILES string of the molecule is CCn1cc(CCN)c2cc(Cl)cc(F)c21. The summed E-state index contributed by atoms with van der Waals surface area (Å²) in [6, 6.07) is 3.15. The van der Waals surface area contributed by atoms with E-state index in [-0.39, 0.29) is 5.82 Å². The van der Waals surface area contributed by atoms with Gasteiger partial charge in [0.05, 0.1) is 5.52 Å². The Morgan fingerprint density at radius 1 is 1.44 bits per heavy atom. The Labute approximate surface area is 98.8 Å². The first-order valence-electron chi connectivity index (χ1n) is 5.34. The summed E-state index contributed by atoms with van der Waals surface area (Å²) in [6.07, 6.45) is 2.69. The number of hydrogen-bond donors (Lipinski definition) is 1. The molecule has 0 fully saturated rings. The summed E-state index contributed by atoms with van der Waals surface area (Å²) in [5.74, 6) is -0.271.